The summed E-state index contributed by atoms with van der Waals surface area (Å²) in [5.74, 6) is 0. The summed E-state index contributed by atoms with van der Waals surface area (Å²) in [4.78, 5) is 0. The van der Waals surface area contributed by atoms with Gasteiger partial charge in [0.2, 0.25) is 0 Å². The summed E-state index contributed by atoms with van der Waals surface area (Å²) in [5.41, 5.74) is 6.72. The predicted molar refractivity (Wildman–Crippen MR) is 75.7 cm³/mol. The van der Waals surface area contributed by atoms with E-state index in [0.29, 0.717) is 16.6 Å². The fourth-order valence-electron chi connectivity index (χ4n) is 1.61. The second-order valence-corrected chi connectivity index (χ2v) is 4.61. The summed E-state index contributed by atoms with van der Waals surface area (Å²) in [6.45, 7) is 3.37. The molecule has 0 saturated carbocycles. The fourth-order valence-corrected chi connectivity index (χ4v) is 2.04. The quantitative estimate of drug-likeness (QED) is 0.614. The van der Waals surface area contributed by atoms with E-state index in [1.165, 1.54) is 0 Å². The Kier molecular flexibility index (Phi) is 6.60. The Balaban J connectivity index is 2.68. The monoisotopic (exact) mass is 272 g/mol. The highest BCUT2D eigenvalue weighted by molar-refractivity contribution is 6.33. The molecule has 0 saturated heterocycles. The van der Waals surface area contributed by atoms with Crippen LogP contribution in [-0.2, 0) is 0 Å². The summed E-state index contributed by atoms with van der Waals surface area (Å²) >= 11 is 12.1. The maximum Gasteiger partial charge on any atom is 0.0460 e. The maximum absolute atomic E-state index is 6.14. The molecule has 0 fully saturated rings. The van der Waals surface area contributed by atoms with Crippen LogP contribution in [0.25, 0.3) is 0 Å². The minimum Gasteiger partial charge on any atom is -0.329 e. The first-order chi connectivity index (χ1) is 8.19. The summed E-state index contributed by atoms with van der Waals surface area (Å²) in [6.07, 6.45) is 5.12. The minimum atomic E-state index is 0.0476. The zero-order valence-corrected chi connectivity index (χ0v) is 11.4. The largest absolute Gasteiger partial charge is 0.329 e. The molecule has 0 radical (unpaired) electrons. The zero-order valence-electron chi connectivity index (χ0n) is 9.92. The van der Waals surface area contributed by atoms with Crippen LogP contribution < -0.4 is 11.1 Å². The van der Waals surface area contributed by atoms with Crippen LogP contribution >= 0.6 is 23.2 Å². The van der Waals surface area contributed by atoms with Crippen molar-refractivity contribution in [3.8, 4) is 0 Å². The molecule has 0 amide bonds. The third-order valence-corrected chi connectivity index (χ3v) is 3.09. The van der Waals surface area contributed by atoms with Crippen molar-refractivity contribution in [3.63, 3.8) is 0 Å². The van der Waals surface area contributed by atoms with Gasteiger partial charge in [0.25, 0.3) is 0 Å². The van der Waals surface area contributed by atoms with Gasteiger partial charge >= 0.3 is 0 Å². The predicted octanol–water partition coefficient (Wildman–Crippen LogP) is 3.55. The van der Waals surface area contributed by atoms with Gasteiger partial charge in [-0.05, 0) is 43.7 Å². The van der Waals surface area contributed by atoms with Gasteiger partial charge in [-0.25, -0.2) is 0 Å². The Morgan fingerprint density at radius 1 is 1.41 bits per heavy atom. The molecule has 1 atom stereocenters. The van der Waals surface area contributed by atoms with Gasteiger partial charge in [-0.2, -0.15) is 0 Å². The number of benzene rings is 1. The van der Waals surface area contributed by atoms with Crippen molar-refractivity contribution in [1.29, 1.82) is 0 Å². The van der Waals surface area contributed by atoms with E-state index in [9.17, 15) is 0 Å². The van der Waals surface area contributed by atoms with Crippen LogP contribution in [0.5, 0.6) is 0 Å². The minimum absolute atomic E-state index is 0.0476. The maximum atomic E-state index is 6.14. The summed E-state index contributed by atoms with van der Waals surface area (Å²) in [7, 11) is 0. The van der Waals surface area contributed by atoms with E-state index in [2.05, 4.69) is 11.4 Å². The molecular formula is C13H18Cl2N2. The second-order valence-electron chi connectivity index (χ2n) is 3.77. The standard InChI is InChI=1S/C13H18Cl2N2/c1-2-3-4-7-17-13(9-16)11-8-10(14)5-6-12(11)15/h2-3,5-6,8,13,17H,4,7,9,16H2,1H3/b3-2+. The Labute approximate surface area is 113 Å². The van der Waals surface area contributed by atoms with Gasteiger partial charge < -0.3 is 11.1 Å². The van der Waals surface area contributed by atoms with Gasteiger partial charge in [-0.1, -0.05) is 35.4 Å². The highest BCUT2D eigenvalue weighted by Crippen LogP contribution is 2.25. The highest BCUT2D eigenvalue weighted by atomic mass is 35.5. The van der Waals surface area contributed by atoms with E-state index in [1.54, 1.807) is 12.1 Å². The molecule has 0 aliphatic rings. The first kappa shape index (κ1) is 14.5. The normalized spacial score (nSPS) is 13.2. The Hall–Kier alpha value is -0.540. The molecule has 4 heteroatoms. The van der Waals surface area contributed by atoms with E-state index < -0.39 is 0 Å². The Morgan fingerprint density at radius 3 is 2.82 bits per heavy atom. The molecule has 1 aromatic rings. The third-order valence-electron chi connectivity index (χ3n) is 2.51. The van der Waals surface area contributed by atoms with Crippen LogP contribution in [0.4, 0.5) is 0 Å². The average molecular weight is 273 g/mol. The fraction of sp³-hybridized carbons (Fsp3) is 0.385. The lowest BCUT2D eigenvalue weighted by molar-refractivity contribution is 0.548. The van der Waals surface area contributed by atoms with E-state index in [-0.39, 0.29) is 6.04 Å². The van der Waals surface area contributed by atoms with Crippen LogP contribution in [0.1, 0.15) is 24.9 Å². The van der Waals surface area contributed by atoms with Crippen molar-refractivity contribution >= 4 is 23.2 Å². The number of hydrogen-bond donors (Lipinski definition) is 2. The number of allylic oxidation sites excluding steroid dienone is 1. The van der Waals surface area contributed by atoms with Crippen molar-refractivity contribution < 1.29 is 0 Å². The average Bonchev–Trinajstić information content (AvgIpc) is 2.33. The highest BCUT2D eigenvalue weighted by Gasteiger charge is 2.12. The van der Waals surface area contributed by atoms with E-state index in [1.807, 2.05) is 19.1 Å². The van der Waals surface area contributed by atoms with Crippen LogP contribution in [0.15, 0.2) is 30.4 Å². The van der Waals surface area contributed by atoms with Gasteiger partial charge in [-0.3, -0.25) is 0 Å². The Morgan fingerprint density at radius 2 is 2.18 bits per heavy atom. The molecule has 0 spiro atoms. The molecule has 2 nitrogen and oxygen atoms in total. The summed E-state index contributed by atoms with van der Waals surface area (Å²) in [6, 6.07) is 5.49. The molecule has 0 bridgehead atoms. The molecule has 17 heavy (non-hydrogen) atoms. The molecule has 0 aliphatic carbocycles. The smallest absolute Gasteiger partial charge is 0.0460 e. The topological polar surface area (TPSA) is 38.0 Å². The van der Waals surface area contributed by atoms with Crippen molar-refractivity contribution in [3.05, 3.63) is 46.0 Å². The first-order valence-corrected chi connectivity index (χ1v) is 6.44. The molecule has 0 aliphatic heterocycles. The van der Waals surface area contributed by atoms with Crippen molar-refractivity contribution in [2.75, 3.05) is 13.1 Å². The Bertz CT molecular complexity index is 378. The molecule has 0 heterocycles. The molecule has 94 valence electrons. The van der Waals surface area contributed by atoms with Gasteiger partial charge in [0, 0.05) is 22.6 Å². The van der Waals surface area contributed by atoms with Crippen LogP contribution in [0, 0.1) is 0 Å². The number of rotatable bonds is 6. The summed E-state index contributed by atoms with van der Waals surface area (Å²) < 4.78 is 0. The molecule has 3 N–H and O–H groups in total. The molecule has 0 aromatic heterocycles. The lowest BCUT2D eigenvalue weighted by atomic mass is 10.1. The molecule has 1 unspecified atom stereocenters. The molecule has 1 aromatic carbocycles. The van der Waals surface area contributed by atoms with Crippen molar-refractivity contribution in [2.45, 2.75) is 19.4 Å². The first-order valence-electron chi connectivity index (χ1n) is 5.68. The van der Waals surface area contributed by atoms with Crippen molar-refractivity contribution in [2.24, 2.45) is 5.73 Å². The van der Waals surface area contributed by atoms with Gasteiger partial charge in [0.15, 0.2) is 0 Å². The SMILES string of the molecule is C/C=C/CCNC(CN)c1cc(Cl)ccc1Cl. The lowest BCUT2D eigenvalue weighted by Gasteiger charge is -2.18. The third kappa shape index (κ3) is 4.68. The van der Waals surface area contributed by atoms with Crippen LogP contribution in [0.3, 0.4) is 0 Å². The zero-order chi connectivity index (χ0) is 12.7. The number of nitrogens with one attached hydrogen (secondary N) is 1. The van der Waals surface area contributed by atoms with E-state index >= 15 is 0 Å². The number of nitrogens with two attached hydrogens (primary N) is 1. The van der Waals surface area contributed by atoms with Crippen LogP contribution in [-0.4, -0.2) is 13.1 Å². The van der Waals surface area contributed by atoms with Gasteiger partial charge in [0.05, 0.1) is 0 Å². The van der Waals surface area contributed by atoms with Crippen LogP contribution in [0.2, 0.25) is 10.0 Å². The van der Waals surface area contributed by atoms with E-state index in [4.69, 9.17) is 28.9 Å². The van der Waals surface area contributed by atoms with Gasteiger partial charge in [-0.15, -0.1) is 0 Å². The number of halogens is 2. The second kappa shape index (κ2) is 7.72. The molecular weight excluding hydrogens is 255 g/mol. The molecule has 1 rings (SSSR count). The number of hydrogen-bond acceptors (Lipinski definition) is 2. The van der Waals surface area contributed by atoms with E-state index in [0.717, 1.165) is 18.5 Å². The van der Waals surface area contributed by atoms with Crippen molar-refractivity contribution in [1.82, 2.24) is 5.32 Å². The summed E-state index contributed by atoms with van der Waals surface area (Å²) in [5, 5.41) is 4.75. The van der Waals surface area contributed by atoms with Gasteiger partial charge in [0.1, 0.15) is 0 Å². The lowest BCUT2D eigenvalue weighted by Crippen LogP contribution is -2.29.